The quantitative estimate of drug-likeness (QED) is 0.163. The van der Waals surface area contributed by atoms with Gasteiger partial charge in [0.1, 0.15) is 10.7 Å². The van der Waals surface area contributed by atoms with Crippen molar-refractivity contribution >= 4 is 62.5 Å². The fraction of sp³-hybridized carbons (Fsp3) is 0.270. The molecule has 0 saturated carbocycles. The summed E-state index contributed by atoms with van der Waals surface area (Å²) in [5.41, 5.74) is 2.62. The summed E-state index contributed by atoms with van der Waals surface area (Å²) in [6.07, 6.45) is 1.76. The minimum Gasteiger partial charge on any atom is -0.466 e. The second-order valence-electron chi connectivity index (χ2n) is 12.8. The average molecular weight is 793 g/mol. The van der Waals surface area contributed by atoms with Gasteiger partial charge in [0, 0.05) is 55.0 Å². The van der Waals surface area contributed by atoms with E-state index in [0.717, 1.165) is 5.56 Å². The van der Waals surface area contributed by atoms with E-state index in [1.165, 1.54) is 48.8 Å². The molecule has 0 radical (unpaired) electrons. The van der Waals surface area contributed by atoms with Gasteiger partial charge in [-0.15, -0.1) is 11.3 Å². The molecule has 4 heterocycles. The molecule has 54 heavy (non-hydrogen) atoms. The number of fused-ring (bicyclic) bond motifs is 1. The van der Waals surface area contributed by atoms with Gasteiger partial charge >= 0.3 is 28.1 Å². The number of rotatable bonds is 11. The number of halogens is 2. The van der Waals surface area contributed by atoms with Gasteiger partial charge in [-0.1, -0.05) is 48.0 Å². The molecule has 3 aliphatic rings. The van der Waals surface area contributed by atoms with Crippen LogP contribution in [0.25, 0.3) is 0 Å². The summed E-state index contributed by atoms with van der Waals surface area (Å²) in [7, 11) is -2.91. The molecule has 0 bridgehead atoms. The molecule has 1 N–H and O–H groups in total. The number of amidine groups is 1. The molecule has 7 rings (SSSR count). The van der Waals surface area contributed by atoms with Crippen molar-refractivity contribution in [2.45, 2.75) is 29.8 Å². The van der Waals surface area contributed by atoms with Crippen LogP contribution in [-0.2, 0) is 35.0 Å². The Bertz CT molecular complexity index is 2240. The first-order valence-electron chi connectivity index (χ1n) is 16.9. The van der Waals surface area contributed by atoms with Crippen LogP contribution < -0.4 is 10.2 Å². The van der Waals surface area contributed by atoms with Gasteiger partial charge in [0.15, 0.2) is 10.8 Å². The van der Waals surface area contributed by atoms with E-state index in [-0.39, 0.29) is 47.0 Å². The molecule has 0 aliphatic carbocycles. The topological polar surface area (TPSA) is 151 Å². The SMILES string of the molecule is COC(=O)C1=C(CN2CCN3C(=O)N(c4ccc(CCC(=O)OS(=O)(=O)c5ccccc5)cc4)C[C@@H]3C2)N=C(c2nccs2)N[C@H]1c1ccc(F)cc1Cl. The number of anilines is 1. The first-order valence-corrected chi connectivity index (χ1v) is 19.6. The third-order valence-electron chi connectivity index (χ3n) is 9.35. The molecule has 13 nitrogen and oxygen atoms in total. The Morgan fingerprint density at radius 3 is 2.54 bits per heavy atom. The van der Waals surface area contributed by atoms with E-state index in [4.69, 9.17) is 25.5 Å². The fourth-order valence-electron chi connectivity index (χ4n) is 6.72. The van der Waals surface area contributed by atoms with E-state index in [9.17, 15) is 27.2 Å². The number of hydrogen-bond acceptors (Lipinski definition) is 12. The number of ether oxygens (including phenoxy) is 1. The smallest absolute Gasteiger partial charge is 0.341 e. The monoisotopic (exact) mass is 792 g/mol. The Morgan fingerprint density at radius 1 is 1.06 bits per heavy atom. The molecule has 0 spiro atoms. The average Bonchev–Trinajstić information content (AvgIpc) is 3.82. The standard InChI is InChI=1S/C37H34ClFN6O7S2/c1-51-36(47)32-30(41-34(35-40-15-18-53-35)42-33(32)28-13-10-24(39)19-29(28)38)22-43-16-17-44-26(20-43)21-45(37(44)48)25-11-7-23(8-12-25)9-14-31(46)52-54(49,50)27-5-3-2-4-6-27/h2-8,10-13,15,18-19,26,33H,9,14,16-17,20-22H2,1H3,(H,41,42)/t26-,33-/m0/s1. The number of methoxy groups -OCH3 is 1. The largest absolute Gasteiger partial charge is 0.466 e. The van der Waals surface area contributed by atoms with E-state index >= 15 is 0 Å². The molecule has 2 fully saturated rings. The maximum atomic E-state index is 14.0. The predicted octanol–water partition coefficient (Wildman–Crippen LogP) is 4.94. The summed E-state index contributed by atoms with van der Waals surface area (Å²) in [5.74, 6) is -1.54. The summed E-state index contributed by atoms with van der Waals surface area (Å²) in [5, 5.41) is 5.82. The molecule has 2 saturated heterocycles. The van der Waals surface area contributed by atoms with Crippen LogP contribution in [0.2, 0.25) is 5.02 Å². The predicted molar refractivity (Wildman–Crippen MR) is 199 cm³/mol. The van der Waals surface area contributed by atoms with Crippen LogP contribution in [0.15, 0.2) is 106 Å². The zero-order valence-electron chi connectivity index (χ0n) is 28.9. The summed E-state index contributed by atoms with van der Waals surface area (Å²) in [6.45, 7) is 2.15. The van der Waals surface area contributed by atoms with Crippen molar-refractivity contribution in [1.82, 2.24) is 20.1 Å². The van der Waals surface area contributed by atoms with E-state index in [1.54, 1.807) is 53.6 Å². The van der Waals surface area contributed by atoms with Crippen LogP contribution in [0.1, 0.15) is 28.6 Å². The molecule has 2 amide bonds. The second-order valence-corrected chi connectivity index (χ2v) is 15.6. The zero-order valence-corrected chi connectivity index (χ0v) is 31.2. The Morgan fingerprint density at radius 2 is 1.83 bits per heavy atom. The van der Waals surface area contributed by atoms with Crippen LogP contribution >= 0.6 is 22.9 Å². The first-order chi connectivity index (χ1) is 26.0. The number of urea groups is 1. The minimum atomic E-state index is -4.20. The van der Waals surface area contributed by atoms with Crippen LogP contribution in [0.4, 0.5) is 14.9 Å². The number of piperazine rings is 1. The number of hydrogen-bond donors (Lipinski definition) is 1. The van der Waals surface area contributed by atoms with Gasteiger partial charge in [-0.05, 0) is 53.9 Å². The highest BCUT2D eigenvalue weighted by Gasteiger charge is 2.42. The lowest BCUT2D eigenvalue weighted by molar-refractivity contribution is -0.136. The van der Waals surface area contributed by atoms with Crippen LogP contribution in [0.5, 0.6) is 0 Å². The lowest BCUT2D eigenvalue weighted by atomic mass is 9.94. The number of carbonyl (C=O) groups is 3. The number of aliphatic imine (C=N–C) groups is 1. The highest BCUT2D eigenvalue weighted by Crippen LogP contribution is 2.36. The molecular formula is C37H34ClFN6O7S2. The van der Waals surface area contributed by atoms with E-state index in [0.29, 0.717) is 54.0 Å². The van der Waals surface area contributed by atoms with Crippen molar-refractivity contribution < 1.29 is 36.1 Å². The van der Waals surface area contributed by atoms with E-state index in [1.807, 2.05) is 10.3 Å². The minimum absolute atomic E-state index is 0.0954. The number of aryl methyl sites for hydroxylation is 1. The lowest BCUT2D eigenvalue weighted by Crippen LogP contribution is -2.52. The maximum Gasteiger partial charge on any atom is 0.341 e. The van der Waals surface area contributed by atoms with Gasteiger partial charge in [-0.3, -0.25) is 14.6 Å². The van der Waals surface area contributed by atoms with Crippen molar-refractivity contribution in [3.8, 4) is 0 Å². The molecule has 1 aromatic heterocycles. The zero-order chi connectivity index (χ0) is 38.0. The number of thiazole rings is 1. The fourth-order valence-corrected chi connectivity index (χ4v) is 8.50. The Hall–Kier alpha value is -5.16. The second kappa shape index (κ2) is 15.7. The van der Waals surface area contributed by atoms with Crippen molar-refractivity contribution in [1.29, 1.82) is 0 Å². The molecule has 3 aliphatic heterocycles. The van der Waals surface area contributed by atoms with Crippen molar-refractivity contribution in [3.63, 3.8) is 0 Å². The molecule has 17 heteroatoms. The highest BCUT2D eigenvalue weighted by atomic mass is 35.5. The number of nitrogens with one attached hydrogen (secondary N) is 1. The summed E-state index contributed by atoms with van der Waals surface area (Å²) in [6, 6.07) is 17.6. The van der Waals surface area contributed by atoms with E-state index < -0.39 is 33.9 Å². The molecular weight excluding hydrogens is 759 g/mol. The molecule has 3 aromatic carbocycles. The Balaban J connectivity index is 1.04. The van der Waals surface area contributed by atoms with Gasteiger partial charge in [0.2, 0.25) is 0 Å². The van der Waals surface area contributed by atoms with Crippen molar-refractivity contribution in [2.75, 3.05) is 44.7 Å². The van der Waals surface area contributed by atoms with Crippen LogP contribution in [0, 0.1) is 5.82 Å². The third-order valence-corrected chi connectivity index (χ3v) is 11.7. The van der Waals surface area contributed by atoms with Gasteiger partial charge in [0.25, 0.3) is 0 Å². The molecule has 2 atom stereocenters. The number of aromatic nitrogens is 1. The van der Waals surface area contributed by atoms with Crippen LogP contribution in [0.3, 0.4) is 0 Å². The third kappa shape index (κ3) is 7.87. The van der Waals surface area contributed by atoms with Gasteiger partial charge < -0.3 is 19.1 Å². The van der Waals surface area contributed by atoms with Crippen molar-refractivity contribution in [3.05, 3.63) is 123 Å². The first kappa shape index (κ1) is 37.2. The number of benzene rings is 3. The van der Waals surface area contributed by atoms with Gasteiger partial charge in [-0.25, -0.2) is 24.0 Å². The molecule has 0 unspecified atom stereocenters. The summed E-state index contributed by atoms with van der Waals surface area (Å²) < 4.78 is 48.8. The van der Waals surface area contributed by atoms with Gasteiger partial charge in [0.05, 0.1) is 36.9 Å². The summed E-state index contributed by atoms with van der Waals surface area (Å²) >= 11 is 7.88. The Kier molecular flexibility index (Phi) is 10.8. The van der Waals surface area contributed by atoms with Crippen molar-refractivity contribution in [2.24, 2.45) is 4.99 Å². The molecule has 4 aromatic rings. The number of carbonyl (C=O) groups excluding carboxylic acids is 3. The number of esters is 1. The van der Waals surface area contributed by atoms with E-state index in [2.05, 4.69) is 15.2 Å². The summed E-state index contributed by atoms with van der Waals surface area (Å²) in [4.78, 5) is 54.1. The normalized spacial score (nSPS) is 18.9. The number of nitrogens with zero attached hydrogens (tertiary/aromatic N) is 5. The van der Waals surface area contributed by atoms with Crippen LogP contribution in [-0.4, -0.2) is 92.9 Å². The lowest BCUT2D eigenvalue weighted by Gasteiger charge is -2.37. The number of amides is 2. The highest BCUT2D eigenvalue weighted by molar-refractivity contribution is 7.87. The van der Waals surface area contributed by atoms with Gasteiger partial charge in [-0.2, -0.15) is 8.42 Å². The molecule has 280 valence electrons. The maximum absolute atomic E-state index is 14.0. The Labute approximate surface area is 319 Å².